The highest BCUT2D eigenvalue weighted by molar-refractivity contribution is 7.10. The molecule has 0 aromatic carbocycles. The maximum atomic E-state index is 6.08. The normalized spacial score (nSPS) is 27.2. The van der Waals surface area contributed by atoms with Gasteiger partial charge in [-0.15, -0.1) is 11.3 Å². The molecule has 1 aromatic rings. The van der Waals surface area contributed by atoms with Crippen molar-refractivity contribution in [2.75, 3.05) is 13.2 Å². The smallest absolute Gasteiger partial charge is 0.0686 e. The molecule has 1 saturated carbocycles. The lowest BCUT2D eigenvalue weighted by Gasteiger charge is -2.48. The van der Waals surface area contributed by atoms with Gasteiger partial charge in [0.1, 0.15) is 0 Å². The Morgan fingerprint density at radius 3 is 2.95 bits per heavy atom. The fraction of sp³-hybridized carbons (Fsp3) is 0.750. The van der Waals surface area contributed by atoms with Crippen molar-refractivity contribution >= 4 is 11.3 Å². The van der Waals surface area contributed by atoms with Crippen LogP contribution in [0.1, 0.15) is 55.5 Å². The fourth-order valence-corrected chi connectivity index (χ4v) is 4.76. The second-order valence-corrected chi connectivity index (χ2v) is 7.09. The third-order valence-corrected chi connectivity index (χ3v) is 5.98. The summed E-state index contributed by atoms with van der Waals surface area (Å²) in [6.07, 6.45) is 6.38. The van der Waals surface area contributed by atoms with Gasteiger partial charge in [-0.2, -0.15) is 0 Å². The molecule has 2 atom stereocenters. The van der Waals surface area contributed by atoms with Crippen molar-refractivity contribution in [3.05, 3.63) is 21.9 Å². The predicted octanol–water partition coefficient (Wildman–Crippen LogP) is 4.06. The van der Waals surface area contributed by atoms with E-state index in [1.54, 1.807) is 4.88 Å². The second-order valence-electron chi connectivity index (χ2n) is 6.14. The Kier molecular flexibility index (Phi) is 3.97. The van der Waals surface area contributed by atoms with Crippen LogP contribution in [0.4, 0.5) is 0 Å². The van der Waals surface area contributed by atoms with E-state index in [0.717, 1.165) is 19.1 Å². The highest BCUT2D eigenvalue weighted by Crippen LogP contribution is 2.47. The molecule has 2 heterocycles. The lowest BCUT2D eigenvalue weighted by Crippen LogP contribution is -2.48. The van der Waals surface area contributed by atoms with Crippen LogP contribution in [0.5, 0.6) is 0 Å². The van der Waals surface area contributed by atoms with E-state index < -0.39 is 0 Å². The van der Waals surface area contributed by atoms with Crippen LogP contribution >= 0.6 is 11.3 Å². The Morgan fingerprint density at radius 1 is 1.53 bits per heavy atom. The van der Waals surface area contributed by atoms with Gasteiger partial charge >= 0.3 is 0 Å². The van der Waals surface area contributed by atoms with E-state index in [9.17, 15) is 0 Å². The topological polar surface area (TPSA) is 21.3 Å². The highest BCUT2D eigenvalue weighted by Gasteiger charge is 2.44. The van der Waals surface area contributed by atoms with E-state index in [1.807, 2.05) is 11.3 Å². The molecule has 0 amide bonds. The quantitative estimate of drug-likeness (QED) is 0.897. The van der Waals surface area contributed by atoms with E-state index in [4.69, 9.17) is 4.74 Å². The number of thiophene rings is 1. The maximum Gasteiger partial charge on any atom is 0.0686 e. The summed E-state index contributed by atoms with van der Waals surface area (Å²) in [7, 11) is 0. The zero-order valence-electron chi connectivity index (χ0n) is 12.1. The minimum atomic E-state index is 0.252. The summed E-state index contributed by atoms with van der Waals surface area (Å²) in [5.74, 6) is 0.742. The molecule has 1 aliphatic carbocycles. The first-order valence-electron chi connectivity index (χ1n) is 7.65. The van der Waals surface area contributed by atoms with Gasteiger partial charge in [-0.05, 0) is 68.5 Å². The summed E-state index contributed by atoms with van der Waals surface area (Å²) in [6.45, 7) is 6.46. The van der Waals surface area contributed by atoms with Crippen molar-refractivity contribution in [2.45, 2.75) is 57.6 Å². The Morgan fingerprint density at radius 2 is 2.37 bits per heavy atom. The first kappa shape index (κ1) is 13.6. The average Bonchev–Trinajstić information content (AvgIpc) is 2.80. The van der Waals surface area contributed by atoms with Gasteiger partial charge < -0.3 is 10.1 Å². The molecule has 1 aliphatic heterocycles. The molecular formula is C16H25NOS. The van der Waals surface area contributed by atoms with E-state index in [0.29, 0.717) is 6.04 Å². The summed E-state index contributed by atoms with van der Waals surface area (Å²) in [5.41, 5.74) is 1.70. The Balaban J connectivity index is 1.78. The second kappa shape index (κ2) is 5.55. The Labute approximate surface area is 120 Å². The summed E-state index contributed by atoms with van der Waals surface area (Å²) in [5, 5.41) is 5.97. The van der Waals surface area contributed by atoms with Crippen LogP contribution in [-0.4, -0.2) is 18.8 Å². The number of nitrogens with one attached hydrogen (secondary N) is 1. The summed E-state index contributed by atoms with van der Waals surface area (Å²) >= 11 is 1.91. The molecule has 3 rings (SSSR count). The van der Waals surface area contributed by atoms with Crippen LogP contribution in [0.25, 0.3) is 0 Å². The van der Waals surface area contributed by atoms with Gasteiger partial charge in [0.05, 0.1) is 5.60 Å². The minimum absolute atomic E-state index is 0.252. The molecule has 0 radical (unpaired) electrons. The number of hydrogen-bond acceptors (Lipinski definition) is 3. The molecule has 106 valence electrons. The van der Waals surface area contributed by atoms with E-state index >= 15 is 0 Å². The molecule has 3 heteroatoms. The van der Waals surface area contributed by atoms with Crippen molar-refractivity contribution in [1.82, 2.24) is 5.32 Å². The van der Waals surface area contributed by atoms with Crippen molar-refractivity contribution in [3.8, 4) is 0 Å². The summed E-state index contributed by atoms with van der Waals surface area (Å²) in [4.78, 5) is 1.54. The average molecular weight is 279 g/mol. The molecule has 2 fully saturated rings. The number of ether oxygens (including phenoxy) is 1. The highest BCUT2D eigenvalue weighted by atomic mass is 32.1. The number of rotatable bonds is 4. The van der Waals surface area contributed by atoms with Gasteiger partial charge in [0.25, 0.3) is 0 Å². The van der Waals surface area contributed by atoms with Crippen LogP contribution in [0.2, 0.25) is 0 Å². The van der Waals surface area contributed by atoms with E-state index in [1.165, 1.54) is 37.7 Å². The standard InChI is InChI=1S/C16H25NOS/c1-3-17-14(15-12(2)6-10-19-15)13-5-9-18-16(11-13)7-4-8-16/h6,10,13-14,17H,3-5,7-9,11H2,1-2H3. The van der Waals surface area contributed by atoms with Gasteiger partial charge in [0.15, 0.2) is 0 Å². The van der Waals surface area contributed by atoms with Crippen molar-refractivity contribution < 1.29 is 4.74 Å². The lowest BCUT2D eigenvalue weighted by molar-refractivity contribution is -0.147. The molecule has 1 N–H and O–H groups in total. The number of aryl methyl sites for hydroxylation is 1. The molecule has 2 nitrogen and oxygen atoms in total. The van der Waals surface area contributed by atoms with Crippen LogP contribution in [0.3, 0.4) is 0 Å². The van der Waals surface area contributed by atoms with Gasteiger partial charge in [-0.25, -0.2) is 0 Å². The minimum Gasteiger partial charge on any atom is -0.375 e. The molecule has 2 unspecified atom stereocenters. The molecular weight excluding hydrogens is 254 g/mol. The third kappa shape index (κ3) is 2.61. The third-order valence-electron chi connectivity index (χ3n) is 4.88. The van der Waals surface area contributed by atoms with E-state index in [2.05, 4.69) is 30.6 Å². The molecule has 0 bridgehead atoms. The van der Waals surface area contributed by atoms with Crippen molar-refractivity contribution in [3.63, 3.8) is 0 Å². The first-order chi connectivity index (χ1) is 9.24. The largest absolute Gasteiger partial charge is 0.375 e. The van der Waals surface area contributed by atoms with E-state index in [-0.39, 0.29) is 5.60 Å². The van der Waals surface area contributed by atoms with Gasteiger partial charge in [-0.1, -0.05) is 6.92 Å². The van der Waals surface area contributed by atoms with Crippen LogP contribution < -0.4 is 5.32 Å². The van der Waals surface area contributed by atoms with Crippen LogP contribution in [0, 0.1) is 12.8 Å². The summed E-state index contributed by atoms with van der Waals surface area (Å²) in [6, 6.07) is 2.79. The zero-order chi connectivity index (χ0) is 13.3. The van der Waals surface area contributed by atoms with Crippen molar-refractivity contribution in [1.29, 1.82) is 0 Å². The molecule has 1 saturated heterocycles. The van der Waals surface area contributed by atoms with Gasteiger partial charge in [-0.3, -0.25) is 0 Å². The Hall–Kier alpha value is -0.380. The van der Waals surface area contributed by atoms with Gasteiger partial charge in [0, 0.05) is 17.5 Å². The molecule has 2 aliphatic rings. The zero-order valence-corrected chi connectivity index (χ0v) is 12.9. The fourth-order valence-electron chi connectivity index (χ4n) is 3.67. The molecule has 1 spiro atoms. The maximum absolute atomic E-state index is 6.08. The predicted molar refractivity (Wildman–Crippen MR) is 80.7 cm³/mol. The monoisotopic (exact) mass is 279 g/mol. The first-order valence-corrected chi connectivity index (χ1v) is 8.53. The number of hydrogen-bond donors (Lipinski definition) is 1. The van der Waals surface area contributed by atoms with Crippen molar-refractivity contribution in [2.24, 2.45) is 5.92 Å². The molecule has 19 heavy (non-hydrogen) atoms. The summed E-state index contributed by atoms with van der Waals surface area (Å²) < 4.78 is 6.08. The van der Waals surface area contributed by atoms with Crippen LogP contribution in [0.15, 0.2) is 11.4 Å². The lowest BCUT2D eigenvalue weighted by atomic mass is 9.70. The van der Waals surface area contributed by atoms with Gasteiger partial charge in [0.2, 0.25) is 0 Å². The molecule has 1 aromatic heterocycles. The Bertz CT molecular complexity index is 424. The van der Waals surface area contributed by atoms with Crippen LogP contribution in [-0.2, 0) is 4.74 Å². The SMILES string of the molecule is CCNC(c1sccc1C)C1CCOC2(CCC2)C1.